The Balaban J connectivity index is 1.62. The van der Waals surface area contributed by atoms with Gasteiger partial charge in [0.1, 0.15) is 12.6 Å². The van der Waals surface area contributed by atoms with E-state index < -0.39 is 12.0 Å². The lowest BCUT2D eigenvalue weighted by Crippen LogP contribution is -2.42. The lowest BCUT2D eigenvalue weighted by atomic mass is 10.0. The van der Waals surface area contributed by atoms with Crippen LogP contribution in [0.5, 0.6) is 0 Å². The van der Waals surface area contributed by atoms with E-state index >= 15 is 0 Å². The van der Waals surface area contributed by atoms with Gasteiger partial charge in [0, 0.05) is 17.2 Å². The molecule has 0 radical (unpaired) electrons. The Morgan fingerprint density at radius 3 is 2.42 bits per heavy atom. The summed E-state index contributed by atoms with van der Waals surface area (Å²) in [5, 5.41) is 5.66. The number of amides is 2. The second kappa shape index (κ2) is 10.2. The number of anilines is 1. The first-order chi connectivity index (χ1) is 14.8. The normalized spacial score (nSPS) is 18.2. The molecule has 6 nitrogen and oxygen atoms in total. The van der Waals surface area contributed by atoms with Gasteiger partial charge < -0.3 is 15.4 Å². The van der Waals surface area contributed by atoms with Gasteiger partial charge in [-0.2, -0.15) is 0 Å². The molecule has 2 amide bonds. The van der Waals surface area contributed by atoms with E-state index in [-0.39, 0.29) is 30.3 Å². The Kier molecular flexibility index (Phi) is 7.45. The molecule has 2 unspecified atom stereocenters. The molecule has 0 aromatic heterocycles. The van der Waals surface area contributed by atoms with E-state index in [1.54, 1.807) is 24.3 Å². The summed E-state index contributed by atoms with van der Waals surface area (Å²) in [5.41, 5.74) is 1.84. The number of hydrogen-bond acceptors (Lipinski definition) is 4. The molecule has 2 N–H and O–H groups in total. The minimum atomic E-state index is -0.748. The topological polar surface area (TPSA) is 84.5 Å². The molecule has 3 atom stereocenters. The van der Waals surface area contributed by atoms with E-state index in [2.05, 4.69) is 10.6 Å². The number of benzene rings is 2. The Morgan fingerprint density at radius 2 is 1.77 bits per heavy atom. The van der Waals surface area contributed by atoms with Crippen LogP contribution < -0.4 is 10.6 Å². The van der Waals surface area contributed by atoms with Gasteiger partial charge in [0.25, 0.3) is 5.91 Å². The van der Waals surface area contributed by atoms with E-state index in [0.29, 0.717) is 23.6 Å². The van der Waals surface area contributed by atoms with Gasteiger partial charge in [0.2, 0.25) is 5.91 Å². The first-order valence-electron chi connectivity index (χ1n) is 10.8. The number of hydrogen-bond donors (Lipinski definition) is 2. The molecule has 0 heterocycles. The molecule has 2 aromatic rings. The monoisotopic (exact) mass is 422 g/mol. The Bertz CT molecular complexity index is 926. The number of ether oxygens (including phenoxy) is 1. The summed E-state index contributed by atoms with van der Waals surface area (Å²) in [4.78, 5) is 37.6. The van der Waals surface area contributed by atoms with Crippen molar-refractivity contribution >= 4 is 23.5 Å². The van der Waals surface area contributed by atoms with Gasteiger partial charge in [0.15, 0.2) is 0 Å². The number of nitrogens with one attached hydrogen (secondary N) is 2. The number of carbonyl (C=O) groups is 3. The van der Waals surface area contributed by atoms with E-state index in [1.165, 1.54) is 0 Å². The van der Waals surface area contributed by atoms with E-state index in [4.69, 9.17) is 4.74 Å². The first-order valence-corrected chi connectivity index (χ1v) is 10.8. The number of carbonyl (C=O) groups excluding carboxylic acids is 3. The fraction of sp³-hybridized carbons (Fsp3) is 0.400. The average Bonchev–Trinajstić information content (AvgIpc) is 3.49. The molecule has 2 aromatic carbocycles. The highest BCUT2D eigenvalue weighted by Crippen LogP contribution is 2.38. The molecular weight excluding hydrogens is 392 g/mol. The fourth-order valence-electron chi connectivity index (χ4n) is 3.42. The molecular formula is C25H30N2O4. The highest BCUT2D eigenvalue weighted by Gasteiger charge is 2.39. The summed E-state index contributed by atoms with van der Waals surface area (Å²) >= 11 is 0. The highest BCUT2D eigenvalue weighted by atomic mass is 16.5. The van der Waals surface area contributed by atoms with Crippen molar-refractivity contribution in [2.45, 2.75) is 46.3 Å². The Morgan fingerprint density at radius 1 is 1.06 bits per heavy atom. The molecule has 6 heteroatoms. The third-order valence-corrected chi connectivity index (χ3v) is 5.36. The summed E-state index contributed by atoms with van der Waals surface area (Å²) < 4.78 is 5.44. The SMILES string of the molecule is CC(C)C[C@H](NC(=O)c1cccc(NC(=O)C2CC2C)c1)C(=O)OCc1ccccc1. The van der Waals surface area contributed by atoms with Crippen LogP contribution in [0.1, 0.15) is 49.5 Å². The minimum Gasteiger partial charge on any atom is -0.459 e. The summed E-state index contributed by atoms with van der Waals surface area (Å²) in [5.74, 6) is -0.207. The third kappa shape index (κ3) is 6.67. The maximum atomic E-state index is 12.8. The molecule has 0 bridgehead atoms. The largest absolute Gasteiger partial charge is 0.459 e. The van der Waals surface area contributed by atoms with Crippen molar-refractivity contribution in [2.75, 3.05) is 5.32 Å². The van der Waals surface area contributed by atoms with Crippen LogP contribution in [-0.2, 0) is 20.9 Å². The lowest BCUT2D eigenvalue weighted by Gasteiger charge is -2.19. The zero-order chi connectivity index (χ0) is 22.4. The molecule has 0 aliphatic heterocycles. The molecule has 1 aliphatic carbocycles. The molecule has 3 rings (SSSR count). The van der Waals surface area contributed by atoms with Crippen LogP contribution in [0.15, 0.2) is 54.6 Å². The van der Waals surface area contributed by atoms with Crippen molar-refractivity contribution < 1.29 is 19.1 Å². The molecule has 1 fully saturated rings. The van der Waals surface area contributed by atoms with Gasteiger partial charge in [-0.1, -0.05) is 57.2 Å². The van der Waals surface area contributed by atoms with Crippen molar-refractivity contribution in [3.05, 3.63) is 65.7 Å². The van der Waals surface area contributed by atoms with Gasteiger partial charge in [-0.25, -0.2) is 4.79 Å². The van der Waals surface area contributed by atoms with E-state index in [1.807, 2.05) is 51.1 Å². The summed E-state index contributed by atoms with van der Waals surface area (Å²) in [6, 6.07) is 15.4. The van der Waals surface area contributed by atoms with Crippen LogP contribution in [0.25, 0.3) is 0 Å². The highest BCUT2D eigenvalue weighted by molar-refractivity contribution is 5.99. The van der Waals surface area contributed by atoms with Gasteiger partial charge in [-0.15, -0.1) is 0 Å². The van der Waals surface area contributed by atoms with Gasteiger partial charge in [-0.05, 0) is 48.4 Å². The smallest absolute Gasteiger partial charge is 0.328 e. The standard InChI is InChI=1S/C25H30N2O4/c1-16(2)12-22(25(30)31-15-18-8-5-4-6-9-18)27-23(28)19-10-7-11-20(14-19)26-24(29)21-13-17(21)3/h4-11,14,16-17,21-22H,12-13,15H2,1-3H3,(H,26,29)(H,27,28)/t17?,21?,22-/m0/s1. The van der Waals surface area contributed by atoms with Crippen LogP contribution in [-0.4, -0.2) is 23.8 Å². The molecule has 1 saturated carbocycles. The lowest BCUT2D eigenvalue weighted by molar-refractivity contribution is -0.147. The molecule has 0 spiro atoms. The van der Waals surface area contributed by atoms with Gasteiger partial charge in [-0.3, -0.25) is 9.59 Å². The summed E-state index contributed by atoms with van der Waals surface area (Å²) in [6.45, 7) is 6.17. The predicted octanol–water partition coefficient (Wildman–Crippen LogP) is 4.17. The van der Waals surface area contributed by atoms with Crippen molar-refractivity contribution in [2.24, 2.45) is 17.8 Å². The van der Waals surface area contributed by atoms with Crippen LogP contribution >= 0.6 is 0 Å². The van der Waals surface area contributed by atoms with E-state index in [0.717, 1.165) is 12.0 Å². The third-order valence-electron chi connectivity index (χ3n) is 5.36. The van der Waals surface area contributed by atoms with Crippen molar-refractivity contribution in [1.82, 2.24) is 5.32 Å². The van der Waals surface area contributed by atoms with Gasteiger partial charge in [0.05, 0.1) is 0 Å². The molecule has 1 aliphatic rings. The number of rotatable bonds is 9. The van der Waals surface area contributed by atoms with Crippen molar-refractivity contribution in [3.63, 3.8) is 0 Å². The van der Waals surface area contributed by atoms with Crippen LogP contribution in [0.3, 0.4) is 0 Å². The average molecular weight is 423 g/mol. The van der Waals surface area contributed by atoms with Crippen LogP contribution in [0, 0.1) is 17.8 Å². The summed E-state index contributed by atoms with van der Waals surface area (Å²) in [7, 11) is 0. The zero-order valence-corrected chi connectivity index (χ0v) is 18.3. The second-order valence-electron chi connectivity index (χ2n) is 8.64. The fourth-order valence-corrected chi connectivity index (χ4v) is 3.42. The maximum absolute atomic E-state index is 12.8. The predicted molar refractivity (Wildman–Crippen MR) is 119 cm³/mol. The second-order valence-corrected chi connectivity index (χ2v) is 8.64. The quantitative estimate of drug-likeness (QED) is 0.594. The molecule has 0 saturated heterocycles. The Hall–Kier alpha value is -3.15. The molecule has 31 heavy (non-hydrogen) atoms. The number of esters is 1. The van der Waals surface area contributed by atoms with Crippen molar-refractivity contribution in [3.8, 4) is 0 Å². The first kappa shape index (κ1) is 22.5. The zero-order valence-electron chi connectivity index (χ0n) is 18.3. The van der Waals surface area contributed by atoms with Gasteiger partial charge >= 0.3 is 5.97 Å². The molecule has 164 valence electrons. The summed E-state index contributed by atoms with van der Waals surface area (Å²) in [6.07, 6.45) is 1.36. The Labute approximate surface area is 183 Å². The van der Waals surface area contributed by atoms with Crippen LogP contribution in [0.2, 0.25) is 0 Å². The van der Waals surface area contributed by atoms with E-state index in [9.17, 15) is 14.4 Å². The van der Waals surface area contributed by atoms with Crippen molar-refractivity contribution in [1.29, 1.82) is 0 Å². The van der Waals surface area contributed by atoms with Crippen LogP contribution in [0.4, 0.5) is 5.69 Å². The minimum absolute atomic E-state index is 0.0211. The maximum Gasteiger partial charge on any atom is 0.328 e.